The summed E-state index contributed by atoms with van der Waals surface area (Å²) in [5.41, 5.74) is 2.40. The first kappa shape index (κ1) is 14.8. The van der Waals surface area contributed by atoms with Gasteiger partial charge in [-0.2, -0.15) is 0 Å². The lowest BCUT2D eigenvalue weighted by atomic mass is 10.2. The Bertz CT molecular complexity index is 602. The van der Waals surface area contributed by atoms with Crippen LogP contribution in [-0.4, -0.2) is 16.5 Å². The molecule has 21 heavy (non-hydrogen) atoms. The molecule has 0 saturated carbocycles. The highest BCUT2D eigenvalue weighted by molar-refractivity contribution is 5.63. The van der Waals surface area contributed by atoms with Crippen molar-refractivity contribution in [2.24, 2.45) is 0 Å². The standard InChI is InChI=1S/C15H18N4O2/c1-2-6-16-13-8-14(10-15(9-13)19(20)21)18-11-12-5-3-4-7-17-12/h3-5,7-10,16,18H,2,6,11H2,1H3. The molecule has 2 aromatic rings. The SMILES string of the molecule is CCCNc1cc(NCc2ccccn2)cc([N+](=O)[O-])c1. The number of nitrogens with zero attached hydrogens (tertiary/aromatic N) is 2. The summed E-state index contributed by atoms with van der Waals surface area (Å²) in [4.78, 5) is 14.8. The van der Waals surface area contributed by atoms with Crippen LogP contribution in [0.2, 0.25) is 0 Å². The van der Waals surface area contributed by atoms with E-state index in [1.807, 2.05) is 31.2 Å². The van der Waals surface area contributed by atoms with Crippen LogP contribution in [0.1, 0.15) is 19.0 Å². The van der Waals surface area contributed by atoms with E-state index in [2.05, 4.69) is 15.6 Å². The van der Waals surface area contributed by atoms with E-state index in [9.17, 15) is 10.1 Å². The number of anilines is 2. The van der Waals surface area contributed by atoms with E-state index in [0.29, 0.717) is 12.2 Å². The van der Waals surface area contributed by atoms with Crippen molar-refractivity contribution >= 4 is 17.1 Å². The van der Waals surface area contributed by atoms with Gasteiger partial charge in [-0.25, -0.2) is 0 Å². The third-order valence-corrected chi connectivity index (χ3v) is 2.91. The summed E-state index contributed by atoms with van der Waals surface area (Å²) in [6, 6.07) is 10.6. The molecule has 6 nitrogen and oxygen atoms in total. The number of nitro benzene ring substituents is 1. The van der Waals surface area contributed by atoms with Gasteiger partial charge in [0.1, 0.15) is 0 Å². The minimum atomic E-state index is -0.386. The number of aromatic nitrogens is 1. The predicted molar refractivity (Wildman–Crippen MR) is 83.4 cm³/mol. The molecule has 0 spiro atoms. The highest BCUT2D eigenvalue weighted by atomic mass is 16.6. The molecule has 0 radical (unpaired) electrons. The second-order valence-electron chi connectivity index (χ2n) is 4.63. The van der Waals surface area contributed by atoms with Gasteiger partial charge in [-0.05, 0) is 24.6 Å². The van der Waals surface area contributed by atoms with Crippen molar-refractivity contribution in [2.45, 2.75) is 19.9 Å². The molecule has 0 unspecified atom stereocenters. The topological polar surface area (TPSA) is 80.1 Å². The molecule has 2 rings (SSSR count). The summed E-state index contributed by atoms with van der Waals surface area (Å²) in [6.45, 7) is 3.35. The maximum atomic E-state index is 11.0. The maximum Gasteiger partial charge on any atom is 0.273 e. The molecule has 0 bridgehead atoms. The summed E-state index contributed by atoms with van der Waals surface area (Å²) < 4.78 is 0. The van der Waals surface area contributed by atoms with Crippen molar-refractivity contribution in [1.82, 2.24) is 4.98 Å². The zero-order chi connectivity index (χ0) is 15.1. The lowest BCUT2D eigenvalue weighted by molar-refractivity contribution is -0.384. The predicted octanol–water partition coefficient (Wildman–Crippen LogP) is 3.42. The van der Waals surface area contributed by atoms with Crippen LogP contribution in [0.3, 0.4) is 0 Å². The summed E-state index contributed by atoms with van der Waals surface area (Å²) in [5.74, 6) is 0. The Hall–Kier alpha value is -2.63. The number of pyridine rings is 1. The van der Waals surface area contributed by atoms with Crippen molar-refractivity contribution in [3.63, 3.8) is 0 Å². The van der Waals surface area contributed by atoms with Crippen LogP contribution in [0.15, 0.2) is 42.6 Å². The van der Waals surface area contributed by atoms with E-state index in [4.69, 9.17) is 0 Å². The number of nitro groups is 1. The zero-order valence-corrected chi connectivity index (χ0v) is 11.9. The van der Waals surface area contributed by atoms with E-state index in [1.54, 1.807) is 12.3 Å². The van der Waals surface area contributed by atoms with Crippen molar-refractivity contribution in [1.29, 1.82) is 0 Å². The number of hydrogen-bond acceptors (Lipinski definition) is 5. The van der Waals surface area contributed by atoms with Gasteiger partial charge in [0.15, 0.2) is 0 Å². The third-order valence-electron chi connectivity index (χ3n) is 2.91. The third kappa shape index (κ3) is 4.45. The lowest BCUT2D eigenvalue weighted by Gasteiger charge is -2.10. The normalized spacial score (nSPS) is 10.1. The first-order valence-electron chi connectivity index (χ1n) is 6.86. The number of rotatable bonds is 7. The molecule has 0 fully saturated rings. The quantitative estimate of drug-likeness (QED) is 0.602. The van der Waals surface area contributed by atoms with Gasteiger partial charge in [-0.1, -0.05) is 13.0 Å². The molecule has 6 heteroatoms. The maximum absolute atomic E-state index is 11.0. The Morgan fingerprint density at radius 3 is 2.57 bits per heavy atom. The van der Waals surface area contributed by atoms with Crippen LogP contribution in [0.4, 0.5) is 17.1 Å². The molecule has 2 N–H and O–H groups in total. The minimum absolute atomic E-state index is 0.0691. The van der Waals surface area contributed by atoms with Gasteiger partial charge >= 0.3 is 0 Å². The van der Waals surface area contributed by atoms with Crippen LogP contribution < -0.4 is 10.6 Å². The minimum Gasteiger partial charge on any atom is -0.385 e. The van der Waals surface area contributed by atoms with Crippen LogP contribution >= 0.6 is 0 Å². The molecule has 0 aliphatic carbocycles. The van der Waals surface area contributed by atoms with Gasteiger partial charge in [0.25, 0.3) is 5.69 Å². The van der Waals surface area contributed by atoms with Crippen LogP contribution in [0.25, 0.3) is 0 Å². The second kappa shape index (κ2) is 7.23. The Labute approximate surface area is 123 Å². The molecule has 0 amide bonds. The van der Waals surface area contributed by atoms with Gasteiger partial charge in [-0.15, -0.1) is 0 Å². The van der Waals surface area contributed by atoms with E-state index in [0.717, 1.165) is 24.3 Å². The molecular weight excluding hydrogens is 268 g/mol. The van der Waals surface area contributed by atoms with E-state index < -0.39 is 0 Å². The fraction of sp³-hybridized carbons (Fsp3) is 0.267. The average Bonchev–Trinajstić information content (AvgIpc) is 2.51. The lowest BCUT2D eigenvalue weighted by Crippen LogP contribution is -2.04. The fourth-order valence-corrected chi connectivity index (χ4v) is 1.89. The molecule has 1 aromatic heterocycles. The second-order valence-corrected chi connectivity index (χ2v) is 4.63. The smallest absolute Gasteiger partial charge is 0.273 e. The molecule has 1 aromatic carbocycles. The van der Waals surface area contributed by atoms with Gasteiger partial charge < -0.3 is 10.6 Å². The molecule has 0 aliphatic heterocycles. The van der Waals surface area contributed by atoms with Gasteiger partial charge in [-0.3, -0.25) is 15.1 Å². The summed E-state index contributed by atoms with van der Waals surface area (Å²) in [7, 11) is 0. The Morgan fingerprint density at radius 1 is 1.19 bits per heavy atom. The first-order valence-corrected chi connectivity index (χ1v) is 6.86. The van der Waals surface area contributed by atoms with E-state index in [-0.39, 0.29) is 10.6 Å². The monoisotopic (exact) mass is 286 g/mol. The summed E-state index contributed by atoms with van der Waals surface area (Å²) in [6.07, 6.45) is 2.68. The number of nitrogens with one attached hydrogen (secondary N) is 2. The van der Waals surface area contributed by atoms with E-state index in [1.165, 1.54) is 6.07 Å². The van der Waals surface area contributed by atoms with Crippen molar-refractivity contribution in [2.75, 3.05) is 17.2 Å². The highest BCUT2D eigenvalue weighted by Gasteiger charge is 2.09. The molecule has 0 atom stereocenters. The average molecular weight is 286 g/mol. The molecule has 0 aliphatic rings. The van der Waals surface area contributed by atoms with Gasteiger partial charge in [0.2, 0.25) is 0 Å². The molecule has 110 valence electrons. The van der Waals surface area contributed by atoms with Gasteiger partial charge in [0, 0.05) is 36.2 Å². The summed E-state index contributed by atoms with van der Waals surface area (Å²) in [5, 5.41) is 17.3. The largest absolute Gasteiger partial charge is 0.385 e. The fourth-order valence-electron chi connectivity index (χ4n) is 1.89. The van der Waals surface area contributed by atoms with Crippen molar-refractivity contribution in [3.05, 3.63) is 58.4 Å². The zero-order valence-electron chi connectivity index (χ0n) is 11.9. The molecular formula is C15H18N4O2. The molecule has 0 saturated heterocycles. The Balaban J connectivity index is 2.13. The van der Waals surface area contributed by atoms with Gasteiger partial charge in [0.05, 0.1) is 17.2 Å². The Morgan fingerprint density at radius 2 is 1.95 bits per heavy atom. The summed E-state index contributed by atoms with van der Waals surface area (Å²) >= 11 is 0. The molecule has 1 heterocycles. The van der Waals surface area contributed by atoms with Crippen LogP contribution in [0.5, 0.6) is 0 Å². The van der Waals surface area contributed by atoms with E-state index >= 15 is 0 Å². The number of benzene rings is 1. The number of hydrogen-bond donors (Lipinski definition) is 2. The van der Waals surface area contributed by atoms with Crippen molar-refractivity contribution < 1.29 is 4.92 Å². The highest BCUT2D eigenvalue weighted by Crippen LogP contribution is 2.24. The first-order chi connectivity index (χ1) is 10.2. The Kier molecular flexibility index (Phi) is 5.09. The van der Waals surface area contributed by atoms with Crippen LogP contribution in [-0.2, 0) is 6.54 Å². The van der Waals surface area contributed by atoms with Crippen molar-refractivity contribution in [3.8, 4) is 0 Å². The van der Waals surface area contributed by atoms with Crippen LogP contribution in [0, 0.1) is 10.1 Å². The number of non-ortho nitro benzene ring substituents is 1.